The van der Waals surface area contributed by atoms with E-state index in [1.54, 1.807) is 13.8 Å². The van der Waals surface area contributed by atoms with E-state index < -0.39 is 11.7 Å². The van der Waals surface area contributed by atoms with E-state index in [9.17, 15) is 10.2 Å². The summed E-state index contributed by atoms with van der Waals surface area (Å²) in [6.45, 7) is 3.93. The molecule has 0 aliphatic carbocycles. The van der Waals surface area contributed by atoms with E-state index in [1.807, 2.05) is 0 Å². The van der Waals surface area contributed by atoms with Crippen molar-refractivity contribution in [3.8, 4) is 0 Å². The molecule has 60 valence electrons. The van der Waals surface area contributed by atoms with Crippen molar-refractivity contribution in [2.24, 2.45) is 0 Å². The van der Waals surface area contributed by atoms with Gasteiger partial charge >= 0.3 is 0 Å². The number of aliphatic hydroxyl groups excluding tert-OH is 1. The summed E-state index contributed by atoms with van der Waals surface area (Å²) in [5.74, 6) is 0. The molecule has 0 saturated carbocycles. The highest BCUT2D eigenvalue weighted by molar-refractivity contribution is 4.88. The minimum atomic E-state index is -0.961. The first kappa shape index (κ1) is 7.98. The van der Waals surface area contributed by atoms with E-state index in [4.69, 9.17) is 4.74 Å². The van der Waals surface area contributed by atoms with Crippen LogP contribution in [0.3, 0.4) is 0 Å². The van der Waals surface area contributed by atoms with E-state index in [0.717, 1.165) is 0 Å². The van der Waals surface area contributed by atoms with Crippen LogP contribution in [0.5, 0.6) is 0 Å². The van der Waals surface area contributed by atoms with Crippen LogP contribution in [0.2, 0.25) is 0 Å². The first-order valence-corrected chi connectivity index (χ1v) is 3.56. The van der Waals surface area contributed by atoms with Crippen LogP contribution in [-0.4, -0.2) is 34.6 Å². The largest absolute Gasteiger partial charge is 0.387 e. The fraction of sp³-hybridized carbons (Fsp3) is 1.00. The van der Waals surface area contributed by atoms with Gasteiger partial charge in [-0.05, 0) is 13.8 Å². The quantitative estimate of drug-likeness (QED) is 0.502. The van der Waals surface area contributed by atoms with E-state index in [2.05, 4.69) is 0 Å². The van der Waals surface area contributed by atoms with Gasteiger partial charge < -0.3 is 14.9 Å². The molecule has 0 amide bonds. The van der Waals surface area contributed by atoms with E-state index in [0.29, 0.717) is 13.0 Å². The van der Waals surface area contributed by atoms with Crippen LogP contribution in [-0.2, 0) is 4.74 Å². The Morgan fingerprint density at radius 2 is 2.20 bits per heavy atom. The molecule has 3 atom stereocenters. The molecule has 0 aromatic carbocycles. The lowest BCUT2D eigenvalue weighted by molar-refractivity contribution is -0.175. The number of hydrogen-bond donors (Lipinski definition) is 2. The Hall–Kier alpha value is -0.120. The molecule has 0 bridgehead atoms. The summed E-state index contributed by atoms with van der Waals surface area (Å²) in [5.41, 5.74) is -0.961. The highest BCUT2D eigenvalue weighted by atomic mass is 16.5. The molecule has 1 rings (SSSR count). The summed E-state index contributed by atoms with van der Waals surface area (Å²) < 4.78 is 5.12. The standard InChI is InChI=1S/C7H14O3/c1-5-6(8)7(2,9)3-4-10-5/h5-6,8-9H,3-4H2,1-2H3/t5-,6-,7?/m0/s1. The number of ether oxygens (including phenoxy) is 1. The van der Waals surface area contributed by atoms with Gasteiger partial charge in [0.25, 0.3) is 0 Å². The van der Waals surface area contributed by atoms with Gasteiger partial charge in [-0.3, -0.25) is 0 Å². The van der Waals surface area contributed by atoms with Crippen molar-refractivity contribution in [3.05, 3.63) is 0 Å². The molecule has 1 aliphatic heterocycles. The minimum Gasteiger partial charge on any atom is -0.387 e. The van der Waals surface area contributed by atoms with Crippen LogP contribution in [0.15, 0.2) is 0 Å². The Balaban J connectivity index is 2.60. The Kier molecular flexibility index (Phi) is 1.99. The maximum absolute atomic E-state index is 9.48. The molecule has 1 unspecified atom stereocenters. The zero-order valence-electron chi connectivity index (χ0n) is 6.37. The lowest BCUT2D eigenvalue weighted by atomic mass is 9.90. The maximum Gasteiger partial charge on any atom is 0.108 e. The third kappa shape index (κ3) is 1.31. The highest BCUT2D eigenvalue weighted by Crippen LogP contribution is 2.24. The van der Waals surface area contributed by atoms with E-state index >= 15 is 0 Å². The van der Waals surface area contributed by atoms with Crippen molar-refractivity contribution in [2.45, 2.75) is 38.1 Å². The van der Waals surface area contributed by atoms with Gasteiger partial charge in [-0.1, -0.05) is 0 Å². The Morgan fingerprint density at radius 3 is 2.60 bits per heavy atom. The Morgan fingerprint density at radius 1 is 1.60 bits per heavy atom. The maximum atomic E-state index is 9.48. The molecule has 2 N–H and O–H groups in total. The molecule has 10 heavy (non-hydrogen) atoms. The Labute approximate surface area is 60.6 Å². The van der Waals surface area contributed by atoms with Crippen molar-refractivity contribution < 1.29 is 14.9 Å². The number of hydrogen-bond acceptors (Lipinski definition) is 3. The third-order valence-corrected chi connectivity index (χ3v) is 2.07. The topological polar surface area (TPSA) is 49.7 Å². The molecule has 1 heterocycles. The van der Waals surface area contributed by atoms with Gasteiger partial charge in [0, 0.05) is 13.0 Å². The second-order valence-electron chi connectivity index (χ2n) is 3.13. The molecule has 0 spiro atoms. The average Bonchev–Trinajstić information content (AvgIpc) is 1.83. The zero-order valence-corrected chi connectivity index (χ0v) is 6.37. The zero-order chi connectivity index (χ0) is 7.78. The summed E-state index contributed by atoms with van der Waals surface area (Å²) >= 11 is 0. The molecule has 3 nitrogen and oxygen atoms in total. The van der Waals surface area contributed by atoms with Gasteiger partial charge in [-0.25, -0.2) is 0 Å². The predicted molar refractivity (Wildman–Crippen MR) is 36.7 cm³/mol. The molecular formula is C7H14O3. The average molecular weight is 146 g/mol. The van der Waals surface area contributed by atoms with Crippen LogP contribution >= 0.6 is 0 Å². The fourth-order valence-corrected chi connectivity index (χ4v) is 1.20. The highest BCUT2D eigenvalue weighted by Gasteiger charge is 2.38. The van der Waals surface area contributed by atoms with Gasteiger partial charge in [0.2, 0.25) is 0 Å². The summed E-state index contributed by atoms with van der Waals surface area (Å²) in [7, 11) is 0. The van der Waals surface area contributed by atoms with Crippen LogP contribution < -0.4 is 0 Å². The van der Waals surface area contributed by atoms with Crippen LogP contribution in [0.4, 0.5) is 0 Å². The molecule has 0 aromatic rings. The van der Waals surface area contributed by atoms with Crippen LogP contribution in [0, 0.1) is 0 Å². The predicted octanol–water partition coefficient (Wildman–Crippen LogP) is -0.0929. The van der Waals surface area contributed by atoms with Gasteiger partial charge in [-0.15, -0.1) is 0 Å². The lowest BCUT2D eigenvalue weighted by Gasteiger charge is -2.37. The van der Waals surface area contributed by atoms with Crippen molar-refractivity contribution in [2.75, 3.05) is 6.61 Å². The third-order valence-electron chi connectivity index (χ3n) is 2.07. The smallest absolute Gasteiger partial charge is 0.108 e. The fourth-order valence-electron chi connectivity index (χ4n) is 1.20. The molecular weight excluding hydrogens is 132 g/mol. The minimum absolute atomic E-state index is 0.247. The van der Waals surface area contributed by atoms with Crippen molar-refractivity contribution in [1.29, 1.82) is 0 Å². The van der Waals surface area contributed by atoms with E-state index in [1.165, 1.54) is 0 Å². The van der Waals surface area contributed by atoms with Gasteiger partial charge in [0.1, 0.15) is 6.10 Å². The van der Waals surface area contributed by atoms with Crippen molar-refractivity contribution in [1.82, 2.24) is 0 Å². The number of aliphatic hydroxyl groups is 2. The van der Waals surface area contributed by atoms with Crippen LogP contribution in [0.25, 0.3) is 0 Å². The molecule has 1 saturated heterocycles. The summed E-state index contributed by atoms with van der Waals surface area (Å²) in [6.07, 6.45) is -0.483. The first-order chi connectivity index (χ1) is 4.54. The van der Waals surface area contributed by atoms with Gasteiger partial charge in [-0.2, -0.15) is 0 Å². The monoisotopic (exact) mass is 146 g/mol. The molecule has 3 heteroatoms. The summed E-state index contributed by atoms with van der Waals surface area (Å²) in [5, 5.41) is 18.8. The molecule has 0 radical (unpaired) electrons. The summed E-state index contributed by atoms with van der Waals surface area (Å²) in [6, 6.07) is 0. The van der Waals surface area contributed by atoms with Gasteiger partial charge in [0.15, 0.2) is 0 Å². The first-order valence-electron chi connectivity index (χ1n) is 3.56. The second kappa shape index (κ2) is 2.49. The number of rotatable bonds is 0. The van der Waals surface area contributed by atoms with Gasteiger partial charge in [0.05, 0.1) is 11.7 Å². The molecule has 1 fully saturated rings. The van der Waals surface area contributed by atoms with Crippen LogP contribution in [0.1, 0.15) is 20.3 Å². The second-order valence-corrected chi connectivity index (χ2v) is 3.13. The SMILES string of the molecule is C[C@@H]1OCCC(C)(O)[C@H]1O. The normalized spacial score (nSPS) is 49.2. The molecule has 0 aromatic heterocycles. The molecule has 1 aliphatic rings. The van der Waals surface area contributed by atoms with Crippen molar-refractivity contribution >= 4 is 0 Å². The van der Waals surface area contributed by atoms with Crippen molar-refractivity contribution in [3.63, 3.8) is 0 Å². The Bertz CT molecular complexity index is 122. The summed E-state index contributed by atoms with van der Waals surface area (Å²) in [4.78, 5) is 0. The lowest BCUT2D eigenvalue weighted by Crippen LogP contribution is -2.51. The van der Waals surface area contributed by atoms with E-state index in [-0.39, 0.29) is 6.10 Å².